The minimum Gasteiger partial charge on any atom is -0.492 e. The largest absolute Gasteiger partial charge is 0.492 e. The Morgan fingerprint density at radius 3 is 3.06 bits per heavy atom. The molecule has 0 saturated heterocycles. The minimum atomic E-state index is 0.609. The van der Waals surface area contributed by atoms with Crippen molar-refractivity contribution in [2.24, 2.45) is 0 Å². The molecule has 18 heavy (non-hydrogen) atoms. The number of rotatable bonds is 6. The van der Waals surface area contributed by atoms with Crippen LogP contribution in [0, 0.1) is 6.92 Å². The molecule has 0 amide bonds. The molecule has 0 fully saturated rings. The molecule has 0 aliphatic rings. The number of nitrogens with zero attached hydrogens (tertiary/aromatic N) is 3. The molecule has 0 radical (unpaired) electrons. The van der Waals surface area contributed by atoms with Crippen molar-refractivity contribution in [1.29, 1.82) is 0 Å². The number of anilines is 1. The molecule has 5 nitrogen and oxygen atoms in total. The Kier molecular flexibility index (Phi) is 4.17. The summed E-state index contributed by atoms with van der Waals surface area (Å²) in [6, 6.07) is 8.04. The first-order chi connectivity index (χ1) is 8.79. The van der Waals surface area contributed by atoms with E-state index in [4.69, 9.17) is 4.74 Å². The molecule has 0 aliphatic carbocycles. The lowest BCUT2D eigenvalue weighted by Crippen LogP contribution is -2.14. The first kappa shape index (κ1) is 12.4. The van der Waals surface area contributed by atoms with Gasteiger partial charge in [-0.1, -0.05) is 17.3 Å². The fraction of sp³-hybridized carbons (Fsp3) is 0.385. The van der Waals surface area contributed by atoms with Gasteiger partial charge in [0, 0.05) is 6.54 Å². The van der Waals surface area contributed by atoms with Gasteiger partial charge in [-0.2, -0.15) is 0 Å². The van der Waals surface area contributed by atoms with E-state index in [0.717, 1.165) is 24.7 Å². The third kappa shape index (κ3) is 3.23. The lowest BCUT2D eigenvalue weighted by atomic mass is 10.2. The smallest absolute Gasteiger partial charge is 0.144 e. The number of aromatic nitrogens is 3. The van der Waals surface area contributed by atoms with E-state index in [-0.39, 0.29) is 0 Å². The second kappa shape index (κ2) is 6.05. The van der Waals surface area contributed by atoms with Crippen LogP contribution < -0.4 is 10.1 Å². The quantitative estimate of drug-likeness (QED) is 0.793. The van der Waals surface area contributed by atoms with Crippen LogP contribution in [0.15, 0.2) is 30.5 Å². The van der Waals surface area contributed by atoms with Crippen LogP contribution in [-0.4, -0.2) is 28.1 Å². The lowest BCUT2D eigenvalue weighted by molar-refractivity contribution is 0.332. The highest BCUT2D eigenvalue weighted by Gasteiger charge is 2.00. The van der Waals surface area contributed by atoms with E-state index >= 15 is 0 Å². The molecule has 0 unspecified atom stereocenters. The van der Waals surface area contributed by atoms with Gasteiger partial charge >= 0.3 is 0 Å². The van der Waals surface area contributed by atoms with E-state index in [1.807, 2.05) is 29.8 Å². The Morgan fingerprint density at radius 2 is 2.28 bits per heavy atom. The van der Waals surface area contributed by atoms with E-state index in [1.54, 1.807) is 6.20 Å². The molecule has 1 aromatic carbocycles. The predicted molar refractivity (Wildman–Crippen MR) is 70.9 cm³/mol. The van der Waals surface area contributed by atoms with Crippen LogP contribution in [0.3, 0.4) is 0 Å². The lowest BCUT2D eigenvalue weighted by Gasteiger charge is -2.09. The maximum Gasteiger partial charge on any atom is 0.144 e. The second-order valence-corrected chi connectivity index (χ2v) is 4.03. The van der Waals surface area contributed by atoms with Crippen LogP contribution >= 0.6 is 0 Å². The van der Waals surface area contributed by atoms with Gasteiger partial charge < -0.3 is 10.1 Å². The first-order valence-corrected chi connectivity index (χ1v) is 6.11. The average molecular weight is 246 g/mol. The van der Waals surface area contributed by atoms with Gasteiger partial charge in [0.05, 0.1) is 12.7 Å². The van der Waals surface area contributed by atoms with Crippen molar-refractivity contribution in [1.82, 2.24) is 15.0 Å². The van der Waals surface area contributed by atoms with E-state index in [9.17, 15) is 0 Å². The molecule has 1 heterocycles. The molecule has 2 aromatic rings. The van der Waals surface area contributed by atoms with Crippen molar-refractivity contribution >= 4 is 5.82 Å². The topological polar surface area (TPSA) is 52.0 Å². The van der Waals surface area contributed by atoms with Crippen LogP contribution in [0.5, 0.6) is 5.75 Å². The number of hydrogen-bond donors (Lipinski definition) is 1. The fourth-order valence-electron chi connectivity index (χ4n) is 1.68. The monoisotopic (exact) mass is 246 g/mol. The number of hydrogen-bond acceptors (Lipinski definition) is 4. The maximum absolute atomic E-state index is 5.65. The molecule has 5 heteroatoms. The van der Waals surface area contributed by atoms with Gasteiger partial charge in [0.25, 0.3) is 0 Å². The van der Waals surface area contributed by atoms with Gasteiger partial charge in [-0.15, -0.1) is 5.10 Å². The molecule has 2 rings (SSSR count). The van der Waals surface area contributed by atoms with Crippen LogP contribution in [0.1, 0.15) is 12.5 Å². The summed E-state index contributed by atoms with van der Waals surface area (Å²) in [7, 11) is 0. The molecule has 0 bridgehead atoms. The summed E-state index contributed by atoms with van der Waals surface area (Å²) in [5, 5.41) is 11.0. The van der Waals surface area contributed by atoms with Gasteiger partial charge in [-0.25, -0.2) is 4.68 Å². The van der Waals surface area contributed by atoms with Crippen molar-refractivity contribution in [2.45, 2.75) is 20.4 Å². The van der Waals surface area contributed by atoms with Gasteiger partial charge in [0.2, 0.25) is 0 Å². The van der Waals surface area contributed by atoms with E-state index in [2.05, 4.69) is 28.6 Å². The number of benzene rings is 1. The zero-order valence-corrected chi connectivity index (χ0v) is 10.8. The van der Waals surface area contributed by atoms with E-state index in [1.165, 1.54) is 5.56 Å². The van der Waals surface area contributed by atoms with Crippen molar-refractivity contribution in [3.05, 3.63) is 36.0 Å². The Morgan fingerprint density at radius 1 is 1.39 bits per heavy atom. The Labute approximate surface area is 107 Å². The standard InChI is InChI=1S/C13H18N4O/c1-3-17-13(10-15-16-17)14-7-8-18-12-6-4-5-11(2)9-12/h4-6,9-10,14H,3,7-8H2,1-2H3. The van der Waals surface area contributed by atoms with Gasteiger partial charge in [0.15, 0.2) is 0 Å². The van der Waals surface area contributed by atoms with Crippen molar-refractivity contribution in [3.8, 4) is 5.75 Å². The minimum absolute atomic E-state index is 0.609. The van der Waals surface area contributed by atoms with Crippen LogP contribution in [-0.2, 0) is 6.54 Å². The summed E-state index contributed by atoms with van der Waals surface area (Å²) in [6.07, 6.45) is 1.72. The van der Waals surface area contributed by atoms with Gasteiger partial charge in [-0.05, 0) is 31.5 Å². The summed E-state index contributed by atoms with van der Waals surface area (Å²) in [4.78, 5) is 0. The van der Waals surface area contributed by atoms with Crippen LogP contribution in [0.4, 0.5) is 5.82 Å². The van der Waals surface area contributed by atoms with Crippen molar-refractivity contribution in [2.75, 3.05) is 18.5 Å². The van der Waals surface area contributed by atoms with Crippen LogP contribution in [0.2, 0.25) is 0 Å². The SMILES string of the molecule is CCn1nncc1NCCOc1cccc(C)c1. The summed E-state index contributed by atoms with van der Waals surface area (Å²) in [5.74, 6) is 1.82. The number of nitrogens with one attached hydrogen (secondary N) is 1. The zero-order chi connectivity index (χ0) is 12.8. The molecule has 0 saturated carbocycles. The second-order valence-electron chi connectivity index (χ2n) is 4.03. The Bertz CT molecular complexity index is 495. The first-order valence-electron chi connectivity index (χ1n) is 6.11. The summed E-state index contributed by atoms with van der Waals surface area (Å²) in [5.41, 5.74) is 1.20. The molecule has 96 valence electrons. The van der Waals surface area contributed by atoms with Gasteiger partial charge in [-0.3, -0.25) is 0 Å². The highest BCUT2D eigenvalue weighted by molar-refractivity contribution is 5.31. The Balaban J connectivity index is 1.76. The molecular weight excluding hydrogens is 228 g/mol. The van der Waals surface area contributed by atoms with Crippen LogP contribution in [0.25, 0.3) is 0 Å². The van der Waals surface area contributed by atoms with E-state index in [0.29, 0.717) is 6.61 Å². The van der Waals surface area contributed by atoms with Gasteiger partial charge in [0.1, 0.15) is 18.2 Å². The average Bonchev–Trinajstić information content (AvgIpc) is 2.82. The fourth-order valence-corrected chi connectivity index (χ4v) is 1.68. The van der Waals surface area contributed by atoms with Crippen molar-refractivity contribution in [3.63, 3.8) is 0 Å². The molecule has 1 N–H and O–H groups in total. The number of ether oxygens (including phenoxy) is 1. The highest BCUT2D eigenvalue weighted by Crippen LogP contribution is 2.12. The summed E-state index contributed by atoms with van der Waals surface area (Å²) >= 11 is 0. The highest BCUT2D eigenvalue weighted by atomic mass is 16.5. The normalized spacial score (nSPS) is 10.3. The van der Waals surface area contributed by atoms with Crippen molar-refractivity contribution < 1.29 is 4.74 Å². The third-order valence-electron chi connectivity index (χ3n) is 2.58. The molecular formula is C13H18N4O. The molecule has 0 spiro atoms. The summed E-state index contributed by atoms with van der Waals surface area (Å²) in [6.45, 7) is 6.22. The van der Waals surface area contributed by atoms with E-state index < -0.39 is 0 Å². The molecule has 1 aromatic heterocycles. The zero-order valence-electron chi connectivity index (χ0n) is 10.8. The predicted octanol–water partition coefficient (Wildman–Crippen LogP) is 2.10. The Hall–Kier alpha value is -2.04. The third-order valence-corrected chi connectivity index (χ3v) is 2.58. The summed E-state index contributed by atoms with van der Waals surface area (Å²) < 4.78 is 7.46. The number of aryl methyl sites for hydroxylation is 2. The molecule has 0 aliphatic heterocycles. The molecule has 0 atom stereocenters. The maximum atomic E-state index is 5.65.